The van der Waals surface area contributed by atoms with Crippen LogP contribution in [-0.2, 0) is 0 Å². The molecule has 11 heavy (non-hydrogen) atoms. The smallest absolute Gasteiger partial charge is 0.255 e. The second-order valence-electron chi connectivity index (χ2n) is 2.22. The molecule has 0 fully saturated rings. The summed E-state index contributed by atoms with van der Waals surface area (Å²) in [7, 11) is 0. The van der Waals surface area contributed by atoms with Gasteiger partial charge in [-0.05, 0) is 13.0 Å². The number of hydrogen-bond acceptors (Lipinski definition) is 3. The molecule has 56 valence electrons. The molecule has 0 bridgehead atoms. The molecule has 0 saturated heterocycles. The summed E-state index contributed by atoms with van der Waals surface area (Å²) in [6, 6.07) is 1.76. The third kappa shape index (κ3) is 0.952. The van der Waals surface area contributed by atoms with Gasteiger partial charge in [-0.3, -0.25) is 4.40 Å². The van der Waals surface area contributed by atoms with Crippen LogP contribution < -0.4 is 0 Å². The molecular weight excluding hydrogens is 164 g/mol. The number of aromatic nitrogens is 4. The van der Waals surface area contributed by atoms with Crippen molar-refractivity contribution in [1.29, 1.82) is 0 Å². The van der Waals surface area contributed by atoms with Crippen LogP contribution in [0.25, 0.3) is 5.78 Å². The van der Waals surface area contributed by atoms with Crippen molar-refractivity contribution in [3.8, 4) is 0 Å². The van der Waals surface area contributed by atoms with E-state index in [1.165, 1.54) is 6.33 Å². The van der Waals surface area contributed by atoms with Gasteiger partial charge in [0.1, 0.15) is 11.5 Å². The van der Waals surface area contributed by atoms with E-state index < -0.39 is 0 Å². The van der Waals surface area contributed by atoms with Gasteiger partial charge in [-0.1, -0.05) is 11.6 Å². The highest BCUT2D eigenvalue weighted by molar-refractivity contribution is 6.29. The Labute approximate surface area is 67.8 Å². The fourth-order valence-corrected chi connectivity index (χ4v) is 1.16. The highest BCUT2D eigenvalue weighted by Crippen LogP contribution is 2.09. The van der Waals surface area contributed by atoms with Crippen molar-refractivity contribution in [2.45, 2.75) is 6.92 Å². The molecule has 2 aromatic heterocycles. The van der Waals surface area contributed by atoms with E-state index in [4.69, 9.17) is 11.6 Å². The minimum absolute atomic E-state index is 0.537. The lowest BCUT2D eigenvalue weighted by molar-refractivity contribution is 1.07. The molecule has 0 aliphatic rings. The van der Waals surface area contributed by atoms with E-state index in [0.717, 1.165) is 5.69 Å². The molecule has 4 nitrogen and oxygen atoms in total. The van der Waals surface area contributed by atoms with Crippen LogP contribution in [0.4, 0.5) is 0 Å². The van der Waals surface area contributed by atoms with E-state index in [1.807, 2.05) is 6.92 Å². The monoisotopic (exact) mass is 168 g/mol. The van der Waals surface area contributed by atoms with Gasteiger partial charge in [0, 0.05) is 5.69 Å². The van der Waals surface area contributed by atoms with E-state index in [0.29, 0.717) is 10.9 Å². The van der Waals surface area contributed by atoms with Crippen LogP contribution in [0.2, 0.25) is 5.15 Å². The fraction of sp³-hybridized carbons (Fsp3) is 0.167. The van der Waals surface area contributed by atoms with Crippen LogP contribution in [-0.4, -0.2) is 19.6 Å². The Hall–Kier alpha value is -1.16. The van der Waals surface area contributed by atoms with Crippen molar-refractivity contribution in [3.05, 3.63) is 23.2 Å². The molecule has 2 aromatic rings. The average molecular weight is 169 g/mol. The maximum Gasteiger partial charge on any atom is 0.256 e. The molecule has 0 aliphatic heterocycles. The van der Waals surface area contributed by atoms with E-state index in [2.05, 4.69) is 15.2 Å². The first kappa shape index (κ1) is 6.54. The average Bonchev–Trinajstić information content (AvgIpc) is 2.34. The SMILES string of the molecule is Cc1cc(Cl)n2cnnc2n1. The minimum atomic E-state index is 0.537. The van der Waals surface area contributed by atoms with Crippen LogP contribution >= 0.6 is 11.6 Å². The first-order valence-corrected chi connectivity index (χ1v) is 3.48. The van der Waals surface area contributed by atoms with Gasteiger partial charge in [-0.2, -0.15) is 0 Å². The van der Waals surface area contributed by atoms with Crippen molar-refractivity contribution in [2.75, 3.05) is 0 Å². The second-order valence-corrected chi connectivity index (χ2v) is 2.61. The predicted molar refractivity (Wildman–Crippen MR) is 40.5 cm³/mol. The Morgan fingerprint density at radius 1 is 1.55 bits per heavy atom. The summed E-state index contributed by atoms with van der Waals surface area (Å²) in [5.74, 6) is 0.537. The Kier molecular flexibility index (Phi) is 1.29. The summed E-state index contributed by atoms with van der Waals surface area (Å²) in [5.41, 5.74) is 0.843. The summed E-state index contributed by atoms with van der Waals surface area (Å²) in [5, 5.41) is 8.01. The van der Waals surface area contributed by atoms with E-state index in [-0.39, 0.29) is 0 Å². The van der Waals surface area contributed by atoms with Crippen molar-refractivity contribution >= 4 is 17.4 Å². The lowest BCUT2D eigenvalue weighted by Crippen LogP contribution is -1.91. The zero-order valence-electron chi connectivity index (χ0n) is 5.82. The zero-order chi connectivity index (χ0) is 7.84. The standard InChI is InChI=1S/C6H5ClN4/c1-4-2-5(7)11-3-8-10-6(11)9-4/h2-3H,1H3. The summed E-state index contributed by atoms with van der Waals surface area (Å²) in [6.07, 6.45) is 1.53. The minimum Gasteiger partial charge on any atom is -0.255 e. The first-order valence-electron chi connectivity index (χ1n) is 3.10. The Balaban J connectivity index is 2.91. The first-order chi connectivity index (χ1) is 5.27. The molecule has 0 radical (unpaired) electrons. The maximum absolute atomic E-state index is 5.85. The van der Waals surface area contributed by atoms with Crippen molar-refractivity contribution in [3.63, 3.8) is 0 Å². The Morgan fingerprint density at radius 2 is 2.36 bits per heavy atom. The lowest BCUT2D eigenvalue weighted by Gasteiger charge is -1.95. The molecular formula is C6H5ClN4. The van der Waals surface area contributed by atoms with E-state index in [9.17, 15) is 0 Å². The van der Waals surface area contributed by atoms with Gasteiger partial charge in [0.15, 0.2) is 0 Å². The number of hydrogen-bond donors (Lipinski definition) is 0. The fourth-order valence-electron chi connectivity index (χ4n) is 0.888. The third-order valence-corrected chi connectivity index (χ3v) is 1.66. The molecule has 0 unspecified atom stereocenters. The Bertz CT molecular complexity index is 394. The molecule has 2 rings (SSSR count). The maximum atomic E-state index is 5.85. The largest absolute Gasteiger partial charge is 0.256 e. The van der Waals surface area contributed by atoms with Crippen molar-refractivity contribution in [1.82, 2.24) is 19.6 Å². The molecule has 0 spiro atoms. The summed E-state index contributed by atoms with van der Waals surface area (Å²) >= 11 is 5.85. The van der Waals surface area contributed by atoms with Gasteiger partial charge in [-0.15, -0.1) is 10.2 Å². The van der Waals surface area contributed by atoms with Gasteiger partial charge < -0.3 is 0 Å². The summed E-state index contributed by atoms with van der Waals surface area (Å²) in [6.45, 7) is 1.86. The number of halogens is 1. The van der Waals surface area contributed by atoms with Crippen molar-refractivity contribution in [2.24, 2.45) is 0 Å². The zero-order valence-corrected chi connectivity index (χ0v) is 6.58. The van der Waals surface area contributed by atoms with E-state index >= 15 is 0 Å². The van der Waals surface area contributed by atoms with Gasteiger partial charge in [0.05, 0.1) is 0 Å². The predicted octanol–water partition coefficient (Wildman–Crippen LogP) is 1.09. The summed E-state index contributed by atoms with van der Waals surface area (Å²) in [4.78, 5) is 4.10. The second kappa shape index (κ2) is 2.17. The third-order valence-electron chi connectivity index (χ3n) is 1.36. The number of aryl methyl sites for hydroxylation is 1. The molecule has 0 saturated carbocycles. The highest BCUT2D eigenvalue weighted by atomic mass is 35.5. The molecule has 0 aliphatic carbocycles. The van der Waals surface area contributed by atoms with Crippen molar-refractivity contribution < 1.29 is 0 Å². The molecule has 2 heterocycles. The molecule has 0 aromatic carbocycles. The van der Waals surface area contributed by atoms with Crippen LogP contribution in [0.3, 0.4) is 0 Å². The lowest BCUT2D eigenvalue weighted by atomic mass is 10.5. The van der Waals surface area contributed by atoms with Crippen LogP contribution in [0.1, 0.15) is 5.69 Å². The number of rotatable bonds is 0. The molecule has 5 heteroatoms. The van der Waals surface area contributed by atoms with E-state index in [1.54, 1.807) is 10.5 Å². The van der Waals surface area contributed by atoms with Crippen LogP contribution in [0, 0.1) is 6.92 Å². The molecule has 0 atom stereocenters. The van der Waals surface area contributed by atoms with Gasteiger partial charge in [-0.25, -0.2) is 4.98 Å². The van der Waals surface area contributed by atoms with Gasteiger partial charge in [0.25, 0.3) is 5.78 Å². The van der Waals surface area contributed by atoms with Crippen LogP contribution in [0.5, 0.6) is 0 Å². The van der Waals surface area contributed by atoms with Crippen LogP contribution in [0.15, 0.2) is 12.4 Å². The topological polar surface area (TPSA) is 43.1 Å². The molecule has 0 amide bonds. The van der Waals surface area contributed by atoms with Gasteiger partial charge >= 0.3 is 0 Å². The Morgan fingerprint density at radius 3 is 3.18 bits per heavy atom. The highest BCUT2D eigenvalue weighted by Gasteiger charge is 2.00. The molecule has 0 N–H and O–H groups in total. The number of nitrogens with zero attached hydrogens (tertiary/aromatic N) is 4. The quantitative estimate of drug-likeness (QED) is 0.553. The normalized spacial score (nSPS) is 10.7. The number of fused-ring (bicyclic) bond motifs is 1. The van der Waals surface area contributed by atoms with Gasteiger partial charge in [0.2, 0.25) is 0 Å². The summed E-state index contributed by atoms with van der Waals surface area (Å²) < 4.78 is 1.62.